The van der Waals surface area contributed by atoms with Crippen LogP contribution in [0.2, 0.25) is 0 Å². The fraction of sp³-hybridized carbons (Fsp3) is 0.467. The van der Waals surface area contributed by atoms with Crippen molar-refractivity contribution < 1.29 is 29.1 Å². The lowest BCUT2D eigenvalue weighted by Gasteiger charge is -2.21. The van der Waals surface area contributed by atoms with Crippen LogP contribution in [0.5, 0.6) is 0 Å². The van der Waals surface area contributed by atoms with Gasteiger partial charge in [-0.3, -0.25) is 19.2 Å². The molecule has 3 atom stereocenters. The summed E-state index contributed by atoms with van der Waals surface area (Å²) in [5, 5.41) is 16.1. The Morgan fingerprint density at radius 2 is 1.82 bits per heavy atom. The quantitative estimate of drug-likeness (QED) is 0.197. The predicted octanol–water partition coefficient (Wildman–Crippen LogP) is -3.65. The Kier molecular flexibility index (Phi) is 8.55. The number of imidazole rings is 1. The Bertz CT molecular complexity index is 720. The molecule has 4 amide bonds. The van der Waals surface area contributed by atoms with Gasteiger partial charge in [-0.15, -0.1) is 0 Å². The first kappa shape index (κ1) is 22.6. The molecule has 0 aliphatic rings. The first-order chi connectivity index (χ1) is 13.1. The first-order valence-corrected chi connectivity index (χ1v) is 8.22. The summed E-state index contributed by atoms with van der Waals surface area (Å²) in [7, 11) is 0. The third-order valence-electron chi connectivity index (χ3n) is 3.59. The van der Waals surface area contributed by atoms with Crippen molar-refractivity contribution >= 4 is 29.6 Å². The lowest BCUT2D eigenvalue weighted by Crippen LogP contribution is -2.56. The number of nitrogens with zero attached hydrogens (tertiary/aromatic N) is 1. The molecule has 0 bridgehead atoms. The van der Waals surface area contributed by atoms with Gasteiger partial charge in [-0.05, 0) is 6.92 Å². The molecular formula is C15H23N7O6. The summed E-state index contributed by atoms with van der Waals surface area (Å²) in [5.74, 6) is -4.43. The summed E-state index contributed by atoms with van der Waals surface area (Å²) in [6.45, 7) is 0.904. The Balaban J connectivity index is 2.71. The monoisotopic (exact) mass is 397 g/mol. The van der Waals surface area contributed by atoms with Gasteiger partial charge in [0, 0.05) is 18.3 Å². The van der Waals surface area contributed by atoms with Crippen LogP contribution in [-0.4, -0.2) is 69.3 Å². The predicted molar refractivity (Wildman–Crippen MR) is 94.3 cm³/mol. The molecule has 3 unspecified atom stereocenters. The van der Waals surface area contributed by atoms with Crippen molar-refractivity contribution in [3.05, 3.63) is 18.2 Å². The number of nitrogens with one attached hydrogen (secondary N) is 4. The summed E-state index contributed by atoms with van der Waals surface area (Å²) in [4.78, 5) is 64.8. The number of rotatable bonds is 11. The van der Waals surface area contributed by atoms with Crippen LogP contribution < -0.4 is 27.4 Å². The highest BCUT2D eigenvalue weighted by Gasteiger charge is 2.28. The van der Waals surface area contributed by atoms with E-state index in [2.05, 4.69) is 25.9 Å². The molecule has 28 heavy (non-hydrogen) atoms. The number of hydrogen-bond acceptors (Lipinski definition) is 7. The molecule has 1 rings (SSSR count). The fourth-order valence-corrected chi connectivity index (χ4v) is 2.16. The van der Waals surface area contributed by atoms with E-state index in [0.717, 1.165) is 0 Å². The summed E-state index contributed by atoms with van der Waals surface area (Å²) in [6.07, 6.45) is 2.25. The van der Waals surface area contributed by atoms with Crippen LogP contribution in [0, 0.1) is 0 Å². The highest BCUT2D eigenvalue weighted by atomic mass is 16.4. The molecule has 154 valence electrons. The van der Waals surface area contributed by atoms with E-state index in [1.807, 2.05) is 0 Å². The maximum atomic E-state index is 12.2. The lowest BCUT2D eigenvalue weighted by molar-refractivity contribution is -0.142. The number of primary amides is 1. The molecule has 0 fully saturated rings. The van der Waals surface area contributed by atoms with Gasteiger partial charge in [0.05, 0.1) is 19.3 Å². The molecule has 13 heteroatoms. The second-order valence-electron chi connectivity index (χ2n) is 5.91. The lowest BCUT2D eigenvalue weighted by atomic mass is 10.1. The van der Waals surface area contributed by atoms with Crippen molar-refractivity contribution in [2.24, 2.45) is 11.5 Å². The van der Waals surface area contributed by atoms with E-state index in [4.69, 9.17) is 11.5 Å². The molecule has 9 N–H and O–H groups in total. The van der Waals surface area contributed by atoms with Crippen LogP contribution in [0.15, 0.2) is 12.5 Å². The summed E-state index contributed by atoms with van der Waals surface area (Å²) < 4.78 is 0. The van der Waals surface area contributed by atoms with Gasteiger partial charge in [0.2, 0.25) is 23.6 Å². The number of aromatic amines is 1. The molecule has 0 aromatic carbocycles. The van der Waals surface area contributed by atoms with Crippen molar-refractivity contribution in [2.75, 3.05) is 6.54 Å². The molecule has 13 nitrogen and oxygen atoms in total. The number of H-pyrrole nitrogens is 1. The second kappa shape index (κ2) is 10.6. The largest absolute Gasteiger partial charge is 0.480 e. The van der Waals surface area contributed by atoms with Crippen molar-refractivity contribution in [1.29, 1.82) is 0 Å². The number of carbonyl (C=O) groups excluding carboxylic acids is 4. The molecule has 0 saturated heterocycles. The van der Waals surface area contributed by atoms with Crippen molar-refractivity contribution in [2.45, 2.75) is 37.9 Å². The number of carboxylic acids is 1. The number of aromatic nitrogens is 2. The second-order valence-corrected chi connectivity index (χ2v) is 5.91. The Morgan fingerprint density at radius 1 is 1.14 bits per heavy atom. The van der Waals surface area contributed by atoms with Gasteiger partial charge < -0.3 is 37.5 Å². The third kappa shape index (κ3) is 7.41. The van der Waals surface area contributed by atoms with E-state index < -0.39 is 60.7 Å². The smallest absolute Gasteiger partial charge is 0.326 e. The van der Waals surface area contributed by atoms with Gasteiger partial charge in [0.1, 0.15) is 18.1 Å². The summed E-state index contributed by atoms with van der Waals surface area (Å²) in [6, 6.07) is -3.73. The minimum absolute atomic E-state index is 0.0431. The average molecular weight is 397 g/mol. The minimum Gasteiger partial charge on any atom is -0.480 e. The molecule has 1 aromatic rings. The highest BCUT2D eigenvalue weighted by molar-refractivity contribution is 5.95. The van der Waals surface area contributed by atoms with Gasteiger partial charge in [0.25, 0.3) is 0 Å². The zero-order valence-corrected chi connectivity index (χ0v) is 15.1. The fourth-order valence-electron chi connectivity index (χ4n) is 2.16. The number of nitrogens with two attached hydrogens (primary N) is 2. The molecule has 0 radical (unpaired) electrons. The molecule has 1 heterocycles. The van der Waals surface area contributed by atoms with E-state index in [-0.39, 0.29) is 6.42 Å². The molecule has 0 spiro atoms. The highest BCUT2D eigenvalue weighted by Crippen LogP contribution is 2.00. The van der Waals surface area contributed by atoms with E-state index in [1.165, 1.54) is 19.4 Å². The number of carbonyl (C=O) groups is 5. The number of hydrogen-bond donors (Lipinski definition) is 7. The molecule has 0 aliphatic heterocycles. The Morgan fingerprint density at radius 3 is 2.32 bits per heavy atom. The van der Waals surface area contributed by atoms with Gasteiger partial charge in [-0.1, -0.05) is 0 Å². The molecular weight excluding hydrogens is 374 g/mol. The van der Waals surface area contributed by atoms with Crippen molar-refractivity contribution in [3.8, 4) is 0 Å². The topological polar surface area (TPSA) is 222 Å². The number of aliphatic carboxylic acids is 1. The van der Waals surface area contributed by atoms with E-state index >= 15 is 0 Å². The molecule has 0 saturated carbocycles. The van der Waals surface area contributed by atoms with E-state index in [9.17, 15) is 29.1 Å². The van der Waals surface area contributed by atoms with Crippen molar-refractivity contribution in [1.82, 2.24) is 25.9 Å². The van der Waals surface area contributed by atoms with Gasteiger partial charge in [-0.2, -0.15) is 0 Å². The van der Waals surface area contributed by atoms with Crippen LogP contribution in [-0.2, 0) is 30.4 Å². The van der Waals surface area contributed by atoms with E-state index in [1.54, 1.807) is 0 Å². The van der Waals surface area contributed by atoms with Crippen molar-refractivity contribution in [3.63, 3.8) is 0 Å². The zero-order valence-electron chi connectivity index (χ0n) is 15.1. The summed E-state index contributed by atoms with van der Waals surface area (Å²) >= 11 is 0. The zero-order chi connectivity index (χ0) is 21.3. The first-order valence-electron chi connectivity index (χ1n) is 8.22. The van der Waals surface area contributed by atoms with Crippen LogP contribution in [0.25, 0.3) is 0 Å². The summed E-state index contributed by atoms with van der Waals surface area (Å²) in [5.41, 5.74) is 10.7. The molecule has 1 aromatic heterocycles. The SMILES string of the molecule is CC(NC(=O)C(CC(N)=O)NC(=O)CN)C(=O)NC(Cc1cnc[nH]1)C(=O)O. The minimum atomic E-state index is -1.32. The van der Waals surface area contributed by atoms with Gasteiger partial charge >= 0.3 is 5.97 Å². The van der Waals surface area contributed by atoms with Crippen LogP contribution >= 0.6 is 0 Å². The van der Waals surface area contributed by atoms with Gasteiger partial charge in [0.15, 0.2) is 0 Å². The Labute approximate surface area is 159 Å². The number of carboxylic acid groups (broad SMARTS) is 1. The average Bonchev–Trinajstić information content (AvgIpc) is 3.12. The maximum Gasteiger partial charge on any atom is 0.326 e. The normalized spacial score (nSPS) is 13.6. The van der Waals surface area contributed by atoms with Crippen LogP contribution in [0.3, 0.4) is 0 Å². The Hall–Kier alpha value is -3.48. The molecule has 0 aliphatic carbocycles. The maximum absolute atomic E-state index is 12.2. The van der Waals surface area contributed by atoms with E-state index in [0.29, 0.717) is 5.69 Å². The van der Waals surface area contributed by atoms with Crippen LogP contribution in [0.1, 0.15) is 19.0 Å². The number of amides is 4. The van der Waals surface area contributed by atoms with Crippen LogP contribution in [0.4, 0.5) is 0 Å². The third-order valence-corrected chi connectivity index (χ3v) is 3.59. The standard InChI is InChI=1S/C15H23N7O6/c1-7(20-14(26)9(3-11(17)23)21-12(24)4-16)13(25)22-10(15(27)28)2-8-5-18-6-19-8/h5-7,9-10H,2-4,16H2,1H3,(H2,17,23)(H,18,19)(H,20,26)(H,21,24)(H,22,25)(H,27,28). The van der Waals surface area contributed by atoms with Gasteiger partial charge in [-0.25, -0.2) is 9.78 Å².